The smallest absolute Gasteiger partial charge is 0.242 e. The summed E-state index contributed by atoms with van der Waals surface area (Å²) in [6.07, 6.45) is 1.22. The maximum absolute atomic E-state index is 12.1. The summed E-state index contributed by atoms with van der Waals surface area (Å²) in [6.45, 7) is -0.236. The Labute approximate surface area is 110 Å². The second-order valence-electron chi connectivity index (χ2n) is 4.30. The van der Waals surface area contributed by atoms with Gasteiger partial charge in [0.05, 0.1) is 28.8 Å². The van der Waals surface area contributed by atoms with Crippen molar-refractivity contribution in [2.24, 2.45) is 0 Å². The number of rotatable bonds is 4. The highest BCUT2D eigenvalue weighted by atomic mass is 35.5. The van der Waals surface area contributed by atoms with Gasteiger partial charge in [-0.05, 0) is 31.0 Å². The second-order valence-corrected chi connectivity index (χ2v) is 6.36. The zero-order valence-electron chi connectivity index (χ0n) is 9.35. The molecule has 1 aromatic carbocycles. The molecule has 0 bridgehead atoms. The lowest BCUT2D eigenvalue weighted by molar-refractivity contribution is 0.246. The summed E-state index contributed by atoms with van der Waals surface area (Å²) in [6, 6.07) is 5.86. The summed E-state index contributed by atoms with van der Waals surface area (Å²) in [7, 11) is -3.77. The quantitative estimate of drug-likeness (QED) is 0.864. The Morgan fingerprint density at radius 2 is 2.17 bits per heavy atom. The molecule has 0 aliphatic heterocycles. The van der Waals surface area contributed by atoms with Gasteiger partial charge in [0.15, 0.2) is 0 Å². The van der Waals surface area contributed by atoms with Gasteiger partial charge in [0.2, 0.25) is 10.0 Å². The molecule has 0 unspecified atom stereocenters. The zero-order valence-corrected chi connectivity index (χ0v) is 10.9. The minimum Gasteiger partial charge on any atom is -0.394 e. The van der Waals surface area contributed by atoms with Crippen LogP contribution >= 0.6 is 11.6 Å². The molecule has 0 amide bonds. The summed E-state index contributed by atoms with van der Waals surface area (Å²) in [5, 5.41) is 17.8. The van der Waals surface area contributed by atoms with E-state index in [4.69, 9.17) is 22.0 Å². The molecule has 2 rings (SSSR count). The van der Waals surface area contributed by atoms with Gasteiger partial charge in [0.1, 0.15) is 4.90 Å². The minimum atomic E-state index is -3.77. The summed E-state index contributed by atoms with van der Waals surface area (Å²) in [4.78, 5) is -0.0807. The van der Waals surface area contributed by atoms with Crippen LogP contribution in [0.1, 0.15) is 18.4 Å². The Morgan fingerprint density at radius 3 is 2.61 bits per heavy atom. The first-order valence-corrected chi connectivity index (χ1v) is 7.13. The Balaban J connectivity index is 2.34. The molecule has 0 aromatic heterocycles. The van der Waals surface area contributed by atoms with E-state index >= 15 is 0 Å². The third-order valence-corrected chi connectivity index (χ3v) is 4.92. The molecule has 0 atom stereocenters. The van der Waals surface area contributed by atoms with Crippen LogP contribution in [0.2, 0.25) is 5.02 Å². The fraction of sp³-hybridized carbons (Fsp3) is 0.364. The zero-order chi connectivity index (χ0) is 13.4. The highest BCUT2D eigenvalue weighted by Crippen LogP contribution is 2.37. The van der Waals surface area contributed by atoms with E-state index in [1.165, 1.54) is 18.2 Å². The molecule has 96 valence electrons. The summed E-state index contributed by atoms with van der Waals surface area (Å²) >= 11 is 5.85. The van der Waals surface area contributed by atoms with E-state index in [0.29, 0.717) is 18.4 Å². The lowest BCUT2D eigenvalue weighted by Crippen LogP contribution is -2.39. The summed E-state index contributed by atoms with van der Waals surface area (Å²) in [5.74, 6) is 0. The molecule has 1 aromatic rings. The van der Waals surface area contributed by atoms with Crippen molar-refractivity contribution >= 4 is 21.6 Å². The molecule has 0 radical (unpaired) electrons. The van der Waals surface area contributed by atoms with Gasteiger partial charge in [0, 0.05) is 0 Å². The van der Waals surface area contributed by atoms with Crippen LogP contribution in [0.3, 0.4) is 0 Å². The van der Waals surface area contributed by atoms with Gasteiger partial charge >= 0.3 is 0 Å². The average Bonchev–Trinajstić information content (AvgIpc) is 3.08. The van der Waals surface area contributed by atoms with Gasteiger partial charge in [0.25, 0.3) is 0 Å². The molecule has 0 spiro atoms. The van der Waals surface area contributed by atoms with E-state index in [0.717, 1.165) is 0 Å². The molecule has 1 fully saturated rings. The monoisotopic (exact) mass is 286 g/mol. The lowest BCUT2D eigenvalue weighted by atomic mass is 10.2. The number of nitriles is 1. The van der Waals surface area contributed by atoms with Gasteiger partial charge in [-0.25, -0.2) is 13.1 Å². The number of nitrogens with one attached hydrogen (secondary N) is 1. The van der Waals surface area contributed by atoms with Crippen molar-refractivity contribution in [2.45, 2.75) is 23.3 Å². The summed E-state index contributed by atoms with van der Waals surface area (Å²) in [5.41, 5.74) is -0.446. The fourth-order valence-corrected chi connectivity index (χ4v) is 3.57. The third-order valence-electron chi connectivity index (χ3n) is 2.86. The molecule has 1 aliphatic rings. The van der Waals surface area contributed by atoms with Crippen molar-refractivity contribution in [2.75, 3.05) is 6.61 Å². The Bertz CT molecular complexity index is 618. The van der Waals surface area contributed by atoms with Crippen LogP contribution in [-0.4, -0.2) is 25.7 Å². The van der Waals surface area contributed by atoms with Crippen molar-refractivity contribution in [3.63, 3.8) is 0 Å². The number of aliphatic hydroxyl groups is 1. The Morgan fingerprint density at radius 1 is 1.50 bits per heavy atom. The first-order chi connectivity index (χ1) is 8.42. The molecular formula is C11H11ClN2O3S. The van der Waals surface area contributed by atoms with Crippen molar-refractivity contribution in [1.82, 2.24) is 4.72 Å². The highest BCUT2D eigenvalue weighted by molar-refractivity contribution is 7.89. The fourth-order valence-electron chi connectivity index (χ4n) is 1.57. The first kappa shape index (κ1) is 13.3. The molecule has 0 heterocycles. The predicted molar refractivity (Wildman–Crippen MR) is 65.5 cm³/mol. The number of benzene rings is 1. The van der Waals surface area contributed by atoms with Crippen molar-refractivity contribution in [3.8, 4) is 6.07 Å². The Kier molecular flexibility index (Phi) is 3.34. The standard InChI is InChI=1S/C11H11ClN2O3S/c12-9-5-8(6-13)1-2-10(9)18(16,17)14-11(7-15)3-4-11/h1-2,5,14-15H,3-4,7H2. The van der Waals surface area contributed by atoms with Gasteiger partial charge in [-0.15, -0.1) is 0 Å². The molecule has 5 nitrogen and oxygen atoms in total. The maximum Gasteiger partial charge on any atom is 0.242 e. The molecule has 1 aliphatic carbocycles. The van der Waals surface area contributed by atoms with Crippen LogP contribution < -0.4 is 4.72 Å². The highest BCUT2D eigenvalue weighted by Gasteiger charge is 2.45. The third kappa shape index (κ3) is 2.49. The predicted octanol–water partition coefficient (Wildman–Crippen LogP) is 1.01. The molecule has 18 heavy (non-hydrogen) atoms. The average molecular weight is 287 g/mol. The van der Waals surface area contributed by atoms with Gasteiger partial charge in [-0.1, -0.05) is 11.6 Å². The second kappa shape index (κ2) is 4.52. The molecule has 1 saturated carbocycles. The van der Waals surface area contributed by atoms with Crippen molar-refractivity contribution < 1.29 is 13.5 Å². The van der Waals surface area contributed by atoms with Crippen LogP contribution in [0.5, 0.6) is 0 Å². The van der Waals surface area contributed by atoms with Gasteiger partial charge in [-0.3, -0.25) is 0 Å². The number of hydrogen-bond donors (Lipinski definition) is 2. The van der Waals surface area contributed by atoms with Crippen LogP contribution in [0, 0.1) is 11.3 Å². The largest absolute Gasteiger partial charge is 0.394 e. The topological polar surface area (TPSA) is 90.2 Å². The number of nitrogens with zero attached hydrogens (tertiary/aromatic N) is 1. The van der Waals surface area contributed by atoms with Crippen LogP contribution in [0.4, 0.5) is 0 Å². The summed E-state index contributed by atoms with van der Waals surface area (Å²) < 4.78 is 26.6. The van der Waals surface area contributed by atoms with E-state index in [2.05, 4.69) is 4.72 Å². The number of aliphatic hydroxyl groups excluding tert-OH is 1. The van der Waals surface area contributed by atoms with Crippen molar-refractivity contribution in [1.29, 1.82) is 5.26 Å². The number of halogens is 1. The SMILES string of the molecule is N#Cc1ccc(S(=O)(=O)NC2(CO)CC2)c(Cl)c1. The maximum atomic E-state index is 12.1. The van der Waals surface area contributed by atoms with Crippen molar-refractivity contribution in [3.05, 3.63) is 28.8 Å². The number of sulfonamides is 1. The van der Waals surface area contributed by atoms with E-state index < -0.39 is 15.6 Å². The molecule has 0 saturated heterocycles. The van der Waals surface area contributed by atoms with Crippen LogP contribution in [0.15, 0.2) is 23.1 Å². The lowest BCUT2D eigenvalue weighted by Gasteiger charge is -2.15. The van der Waals surface area contributed by atoms with Crippen LogP contribution in [0.25, 0.3) is 0 Å². The van der Waals surface area contributed by atoms with Gasteiger partial charge in [-0.2, -0.15) is 5.26 Å². The van der Waals surface area contributed by atoms with Gasteiger partial charge < -0.3 is 5.11 Å². The van der Waals surface area contributed by atoms with E-state index in [1.54, 1.807) is 0 Å². The van der Waals surface area contributed by atoms with E-state index in [1.807, 2.05) is 6.07 Å². The molecular weight excluding hydrogens is 276 g/mol. The van der Waals surface area contributed by atoms with E-state index in [9.17, 15) is 8.42 Å². The van der Waals surface area contributed by atoms with E-state index in [-0.39, 0.29) is 16.5 Å². The Hall–Kier alpha value is -1.13. The normalized spacial score (nSPS) is 17.2. The first-order valence-electron chi connectivity index (χ1n) is 5.27. The number of hydrogen-bond acceptors (Lipinski definition) is 4. The minimum absolute atomic E-state index is 0.00436. The molecule has 7 heteroatoms. The molecule has 2 N–H and O–H groups in total. The van der Waals surface area contributed by atoms with Crippen LogP contribution in [-0.2, 0) is 10.0 Å².